The van der Waals surface area contributed by atoms with Gasteiger partial charge in [0.25, 0.3) is 5.91 Å². The highest BCUT2D eigenvalue weighted by molar-refractivity contribution is 6.00. The van der Waals surface area contributed by atoms with E-state index in [1.54, 1.807) is 25.3 Å². The van der Waals surface area contributed by atoms with E-state index in [9.17, 15) is 13.6 Å². The third kappa shape index (κ3) is 3.63. The number of aryl methyl sites for hydroxylation is 2. The second-order valence-corrected chi connectivity index (χ2v) is 9.69. The van der Waals surface area contributed by atoms with Crippen molar-refractivity contribution in [3.63, 3.8) is 0 Å². The van der Waals surface area contributed by atoms with Crippen LogP contribution >= 0.6 is 0 Å². The lowest BCUT2D eigenvalue weighted by Gasteiger charge is -2.27. The van der Waals surface area contributed by atoms with Crippen molar-refractivity contribution < 1.29 is 23.0 Å². The molecule has 1 aromatic carbocycles. The van der Waals surface area contributed by atoms with Crippen LogP contribution in [-0.4, -0.2) is 62.3 Å². The Hall–Kier alpha value is -3.73. The molecule has 2 fully saturated rings. The number of pyridine rings is 1. The molecule has 3 aromatic heterocycles. The van der Waals surface area contributed by atoms with Gasteiger partial charge in [-0.3, -0.25) is 4.79 Å². The minimum Gasteiger partial charge on any atom is -0.494 e. The van der Waals surface area contributed by atoms with Crippen molar-refractivity contribution in [3.8, 4) is 23.1 Å². The first-order valence-electron chi connectivity index (χ1n) is 12.4. The van der Waals surface area contributed by atoms with Crippen LogP contribution in [0.5, 0.6) is 11.6 Å². The maximum atomic E-state index is 13.5. The highest BCUT2D eigenvalue weighted by Crippen LogP contribution is 2.39. The van der Waals surface area contributed by atoms with E-state index < -0.39 is 6.61 Å². The lowest BCUT2D eigenvalue weighted by molar-refractivity contribution is -0.0526. The highest BCUT2D eigenvalue weighted by atomic mass is 19.3. The average Bonchev–Trinajstić information content (AvgIpc) is 3.62. The van der Waals surface area contributed by atoms with Crippen molar-refractivity contribution in [1.82, 2.24) is 24.0 Å². The van der Waals surface area contributed by atoms with E-state index in [1.807, 2.05) is 34.1 Å². The monoisotopic (exact) mass is 510 g/mol. The lowest BCUT2D eigenvalue weighted by atomic mass is 10.1. The van der Waals surface area contributed by atoms with E-state index in [0.29, 0.717) is 47.3 Å². The Balaban J connectivity index is 1.45. The third-order valence-corrected chi connectivity index (χ3v) is 7.79. The largest absolute Gasteiger partial charge is 0.494 e. The maximum Gasteiger partial charge on any atom is 0.388 e. The van der Waals surface area contributed by atoms with E-state index in [4.69, 9.17) is 15.5 Å². The molecule has 4 heterocycles. The van der Waals surface area contributed by atoms with Gasteiger partial charge in [-0.1, -0.05) is 0 Å². The fourth-order valence-corrected chi connectivity index (χ4v) is 6.04. The number of amides is 1. The number of ether oxygens (including phenoxy) is 2. The summed E-state index contributed by atoms with van der Waals surface area (Å²) < 4.78 is 39.5. The van der Waals surface area contributed by atoms with Gasteiger partial charge in [0, 0.05) is 49.2 Å². The lowest BCUT2D eigenvalue weighted by Crippen LogP contribution is -2.41. The molecular weight excluding hydrogens is 482 g/mol. The molecule has 194 valence electrons. The van der Waals surface area contributed by atoms with E-state index in [-0.39, 0.29) is 23.9 Å². The molecule has 0 spiro atoms. The fourth-order valence-electron chi connectivity index (χ4n) is 6.04. The third-order valence-electron chi connectivity index (χ3n) is 7.79. The molecule has 9 nitrogen and oxygen atoms in total. The molecule has 4 aromatic rings. The van der Waals surface area contributed by atoms with Gasteiger partial charge in [-0.25, -0.2) is 4.98 Å². The Morgan fingerprint density at radius 2 is 2.03 bits per heavy atom. The topological polar surface area (TPSA) is 100 Å². The van der Waals surface area contributed by atoms with Gasteiger partial charge in [0.2, 0.25) is 5.88 Å². The minimum absolute atomic E-state index is 0.0345. The smallest absolute Gasteiger partial charge is 0.388 e. The van der Waals surface area contributed by atoms with Crippen molar-refractivity contribution in [3.05, 3.63) is 35.9 Å². The summed E-state index contributed by atoms with van der Waals surface area (Å²) in [5.74, 6) is 1.33. The second kappa shape index (κ2) is 8.69. The van der Waals surface area contributed by atoms with Gasteiger partial charge in [-0.15, -0.1) is 0 Å². The molecule has 1 aliphatic carbocycles. The SMILES string of the molecule is CCn1c(-c2nc3cc(C(=O)N4C[C@H]5CC[C@@H]4C5N)cc(OC)c3n2C)cc2ccc(OC(F)F)nc21. The Bertz CT molecular complexity index is 1530. The predicted octanol–water partition coefficient (Wildman–Crippen LogP) is 3.78. The average molecular weight is 511 g/mol. The molecule has 1 aliphatic heterocycles. The molecule has 2 N–H and O–H groups in total. The number of rotatable bonds is 6. The number of likely N-dealkylation sites (tertiary alicyclic amines) is 1. The van der Waals surface area contributed by atoms with Crippen LogP contribution in [0.2, 0.25) is 0 Å². The number of benzene rings is 1. The number of imidazole rings is 1. The second-order valence-electron chi connectivity index (χ2n) is 9.69. The zero-order valence-corrected chi connectivity index (χ0v) is 20.8. The number of fused-ring (bicyclic) bond motifs is 4. The van der Waals surface area contributed by atoms with Gasteiger partial charge in [-0.05, 0) is 49.9 Å². The van der Waals surface area contributed by atoms with E-state index >= 15 is 0 Å². The summed E-state index contributed by atoms with van der Waals surface area (Å²) in [5.41, 5.74) is 9.49. The normalized spacial score (nSPS) is 21.1. The zero-order chi connectivity index (χ0) is 26.0. The number of piperidine rings is 1. The number of hydrogen-bond donors (Lipinski definition) is 1. The summed E-state index contributed by atoms with van der Waals surface area (Å²) in [6, 6.07) is 8.71. The van der Waals surface area contributed by atoms with Crippen LogP contribution in [0, 0.1) is 5.92 Å². The summed E-state index contributed by atoms with van der Waals surface area (Å²) >= 11 is 0. The van der Waals surface area contributed by atoms with Crippen molar-refractivity contribution in [1.29, 1.82) is 0 Å². The van der Waals surface area contributed by atoms with Crippen molar-refractivity contribution in [2.75, 3.05) is 13.7 Å². The van der Waals surface area contributed by atoms with Gasteiger partial charge in [0.1, 0.15) is 16.9 Å². The molecule has 2 aliphatic rings. The molecule has 2 bridgehead atoms. The number of hydrogen-bond acceptors (Lipinski definition) is 6. The molecule has 1 saturated carbocycles. The molecule has 3 atom stereocenters. The van der Waals surface area contributed by atoms with Crippen LogP contribution in [-0.2, 0) is 13.6 Å². The standard InChI is InChI=1S/C26H28F2N6O3/c1-4-33-18(10-13-6-8-20(31-23(13)33)37-26(27)28)24-30-16-9-15(11-19(36-3)22(16)32(24)2)25(35)34-12-14-5-7-17(34)21(14)29/h6,8-11,14,17,21,26H,4-5,7,12,29H2,1-3H3/t14-,17-,21?/m1/s1. The Morgan fingerprint density at radius 1 is 1.22 bits per heavy atom. The number of aromatic nitrogens is 4. The first-order chi connectivity index (χ1) is 17.8. The molecule has 0 radical (unpaired) electrons. The van der Waals surface area contributed by atoms with Crippen LogP contribution in [0.3, 0.4) is 0 Å². The number of carbonyl (C=O) groups is 1. The van der Waals surface area contributed by atoms with Gasteiger partial charge < -0.3 is 29.2 Å². The number of nitrogens with zero attached hydrogens (tertiary/aromatic N) is 5. The van der Waals surface area contributed by atoms with Gasteiger partial charge in [-0.2, -0.15) is 13.8 Å². The maximum absolute atomic E-state index is 13.5. The summed E-state index contributed by atoms with van der Waals surface area (Å²) in [6.45, 7) is 0.204. The van der Waals surface area contributed by atoms with Crippen LogP contribution < -0.4 is 15.2 Å². The molecule has 6 rings (SSSR count). The summed E-state index contributed by atoms with van der Waals surface area (Å²) in [7, 11) is 3.45. The molecule has 11 heteroatoms. The van der Waals surface area contributed by atoms with Gasteiger partial charge in [0.15, 0.2) is 5.82 Å². The van der Waals surface area contributed by atoms with Crippen molar-refractivity contribution in [2.24, 2.45) is 18.7 Å². The molecule has 1 saturated heterocycles. The molecule has 1 unspecified atom stereocenters. The Morgan fingerprint density at radius 3 is 2.68 bits per heavy atom. The number of methoxy groups -OCH3 is 1. The summed E-state index contributed by atoms with van der Waals surface area (Å²) in [4.78, 5) is 24.6. The van der Waals surface area contributed by atoms with Crippen LogP contribution in [0.25, 0.3) is 33.6 Å². The van der Waals surface area contributed by atoms with Crippen LogP contribution in [0.1, 0.15) is 30.1 Å². The van der Waals surface area contributed by atoms with Crippen molar-refractivity contribution >= 4 is 28.0 Å². The predicted molar refractivity (Wildman–Crippen MR) is 134 cm³/mol. The number of nitrogens with two attached hydrogens (primary N) is 1. The van der Waals surface area contributed by atoms with Crippen LogP contribution in [0.4, 0.5) is 8.78 Å². The number of alkyl halides is 2. The number of carbonyl (C=O) groups excluding carboxylic acids is 1. The fraction of sp³-hybridized carbons (Fsp3) is 0.423. The van der Waals surface area contributed by atoms with E-state index in [2.05, 4.69) is 9.72 Å². The zero-order valence-electron chi connectivity index (χ0n) is 20.8. The van der Waals surface area contributed by atoms with Gasteiger partial charge in [0.05, 0.1) is 18.3 Å². The molecular formula is C26H28F2N6O3. The Kier molecular flexibility index (Phi) is 5.55. The quantitative estimate of drug-likeness (QED) is 0.424. The summed E-state index contributed by atoms with van der Waals surface area (Å²) in [5, 5.41) is 0.772. The first-order valence-corrected chi connectivity index (χ1v) is 12.4. The summed E-state index contributed by atoms with van der Waals surface area (Å²) in [6.07, 6.45) is 2.00. The molecule has 1 amide bonds. The van der Waals surface area contributed by atoms with E-state index in [0.717, 1.165) is 29.4 Å². The molecule has 37 heavy (non-hydrogen) atoms. The minimum atomic E-state index is -2.95. The number of halogens is 2. The highest BCUT2D eigenvalue weighted by Gasteiger charge is 2.47. The van der Waals surface area contributed by atoms with Crippen LogP contribution in [0.15, 0.2) is 30.3 Å². The first kappa shape index (κ1) is 23.7. The van der Waals surface area contributed by atoms with E-state index in [1.165, 1.54) is 6.07 Å². The van der Waals surface area contributed by atoms with Crippen molar-refractivity contribution in [2.45, 2.75) is 45.0 Å². The Labute approximate surface area is 211 Å². The van der Waals surface area contributed by atoms with Gasteiger partial charge >= 0.3 is 6.61 Å².